The number of nitrogens with zero attached hydrogens (tertiary/aromatic N) is 2. The largest absolute Gasteiger partial charge is 0.507 e. The predicted molar refractivity (Wildman–Crippen MR) is 140 cm³/mol. The van der Waals surface area contributed by atoms with Gasteiger partial charge in [-0.1, -0.05) is 56.4 Å². The second kappa shape index (κ2) is 9.35. The van der Waals surface area contributed by atoms with Crippen molar-refractivity contribution < 1.29 is 24.2 Å². The monoisotopic (exact) mass is 504 g/mol. The molecular weight excluding hydrogens is 476 g/mol. The normalized spacial score (nSPS) is 17.5. The van der Waals surface area contributed by atoms with Crippen molar-refractivity contribution in [1.29, 1.82) is 0 Å². The molecule has 8 heteroatoms. The third-order valence-corrected chi connectivity index (χ3v) is 7.47. The van der Waals surface area contributed by atoms with Crippen LogP contribution in [0.15, 0.2) is 54.1 Å². The number of aliphatic hydroxyl groups excluding tert-OH is 1. The van der Waals surface area contributed by atoms with Crippen LogP contribution in [0.1, 0.15) is 65.8 Å². The fourth-order valence-electron chi connectivity index (χ4n) is 4.23. The summed E-state index contributed by atoms with van der Waals surface area (Å²) in [6.07, 6.45) is 0. The molecule has 0 radical (unpaired) electrons. The molecule has 1 aromatic heterocycles. The molecular formula is C28H28N2O5S. The van der Waals surface area contributed by atoms with E-state index in [0.29, 0.717) is 27.4 Å². The van der Waals surface area contributed by atoms with Gasteiger partial charge in [-0.25, -0.2) is 4.98 Å². The highest BCUT2D eigenvalue weighted by Crippen LogP contribution is 2.44. The van der Waals surface area contributed by atoms with Gasteiger partial charge in [-0.05, 0) is 47.7 Å². The van der Waals surface area contributed by atoms with E-state index in [1.54, 1.807) is 31.2 Å². The van der Waals surface area contributed by atoms with Gasteiger partial charge in [0.2, 0.25) is 0 Å². The summed E-state index contributed by atoms with van der Waals surface area (Å²) in [6, 6.07) is 13.3. The third-order valence-electron chi connectivity index (χ3n) is 6.21. The van der Waals surface area contributed by atoms with Crippen LogP contribution in [0.2, 0.25) is 0 Å². The summed E-state index contributed by atoms with van der Waals surface area (Å²) in [5.74, 6) is -1.48. The molecule has 1 aliphatic rings. The average molecular weight is 505 g/mol. The lowest BCUT2D eigenvalue weighted by Gasteiger charge is -2.24. The topological polar surface area (TPSA) is 96.8 Å². The molecule has 2 heterocycles. The molecule has 186 valence electrons. The highest BCUT2D eigenvalue weighted by molar-refractivity contribution is 7.18. The second-order valence-corrected chi connectivity index (χ2v) is 10.7. The number of rotatable bonds is 5. The van der Waals surface area contributed by atoms with E-state index >= 15 is 0 Å². The van der Waals surface area contributed by atoms with Gasteiger partial charge in [0.1, 0.15) is 11.5 Å². The summed E-state index contributed by atoms with van der Waals surface area (Å²) in [4.78, 5) is 44.9. The minimum Gasteiger partial charge on any atom is -0.507 e. The minimum absolute atomic E-state index is 0.0362. The smallest absolute Gasteiger partial charge is 0.301 e. The highest BCUT2D eigenvalue weighted by Gasteiger charge is 2.48. The third kappa shape index (κ3) is 4.44. The lowest BCUT2D eigenvalue weighted by Crippen LogP contribution is -2.29. The van der Waals surface area contributed by atoms with Gasteiger partial charge in [-0.3, -0.25) is 19.3 Å². The van der Waals surface area contributed by atoms with E-state index in [1.807, 2.05) is 24.3 Å². The number of ether oxygens (including phenoxy) is 1. The molecule has 4 rings (SSSR count). The Hall–Kier alpha value is -3.78. The molecule has 0 spiro atoms. The zero-order valence-electron chi connectivity index (χ0n) is 21.1. The fraction of sp³-hybridized carbons (Fsp3) is 0.286. The number of hydrogen-bond acceptors (Lipinski definition) is 7. The minimum atomic E-state index is -0.911. The zero-order chi connectivity index (χ0) is 26.4. The van der Waals surface area contributed by atoms with Crippen molar-refractivity contribution in [2.45, 2.75) is 46.1 Å². The maximum absolute atomic E-state index is 13.3. The first kappa shape index (κ1) is 25.3. The van der Waals surface area contributed by atoms with Gasteiger partial charge in [-0.15, -0.1) is 0 Å². The quantitative estimate of drug-likeness (QED) is 0.211. The van der Waals surface area contributed by atoms with Crippen molar-refractivity contribution >= 4 is 39.7 Å². The number of carbonyl (C=O) groups is 3. The predicted octanol–water partition coefficient (Wildman–Crippen LogP) is 5.59. The highest BCUT2D eigenvalue weighted by atomic mass is 32.1. The lowest BCUT2D eigenvalue weighted by atomic mass is 9.85. The number of amides is 1. The van der Waals surface area contributed by atoms with E-state index in [-0.39, 0.29) is 27.7 Å². The Morgan fingerprint density at radius 1 is 1.06 bits per heavy atom. The molecule has 36 heavy (non-hydrogen) atoms. The van der Waals surface area contributed by atoms with Crippen molar-refractivity contribution in [1.82, 2.24) is 4.98 Å². The van der Waals surface area contributed by atoms with Crippen LogP contribution in [0, 0.1) is 6.92 Å². The number of anilines is 1. The van der Waals surface area contributed by atoms with Gasteiger partial charge in [-0.2, -0.15) is 0 Å². The number of aryl methyl sites for hydroxylation is 1. The second-order valence-electron chi connectivity index (χ2n) is 9.74. The molecule has 1 aliphatic heterocycles. The van der Waals surface area contributed by atoms with Crippen LogP contribution in [-0.4, -0.2) is 34.7 Å². The molecule has 2 aromatic carbocycles. The summed E-state index contributed by atoms with van der Waals surface area (Å²) >= 11 is 1.06. The van der Waals surface area contributed by atoms with E-state index < -0.39 is 17.7 Å². The number of ketones is 2. The summed E-state index contributed by atoms with van der Waals surface area (Å²) < 4.78 is 5.19. The molecule has 0 saturated carbocycles. The Bertz CT molecular complexity index is 1380. The maximum atomic E-state index is 13.3. The molecule has 0 unspecified atom stereocenters. The number of hydrogen-bond donors (Lipinski definition) is 1. The van der Waals surface area contributed by atoms with Gasteiger partial charge >= 0.3 is 5.91 Å². The van der Waals surface area contributed by atoms with Crippen LogP contribution in [0.5, 0.6) is 5.75 Å². The molecule has 1 fully saturated rings. The van der Waals surface area contributed by atoms with Gasteiger partial charge in [0.25, 0.3) is 5.78 Å². The Morgan fingerprint density at radius 3 is 2.17 bits per heavy atom. The number of methoxy groups -OCH3 is 1. The van der Waals surface area contributed by atoms with Crippen LogP contribution < -0.4 is 9.64 Å². The van der Waals surface area contributed by atoms with Crippen LogP contribution in [-0.2, 0) is 15.0 Å². The van der Waals surface area contributed by atoms with Crippen LogP contribution >= 0.6 is 11.3 Å². The van der Waals surface area contributed by atoms with Crippen molar-refractivity contribution in [3.8, 4) is 5.75 Å². The van der Waals surface area contributed by atoms with Gasteiger partial charge in [0.05, 0.1) is 29.3 Å². The summed E-state index contributed by atoms with van der Waals surface area (Å²) in [7, 11) is 1.53. The maximum Gasteiger partial charge on any atom is 0.301 e. The van der Waals surface area contributed by atoms with Gasteiger partial charge in [0, 0.05) is 12.5 Å². The molecule has 1 amide bonds. The molecule has 0 bridgehead atoms. The van der Waals surface area contributed by atoms with Crippen LogP contribution in [0.4, 0.5) is 5.13 Å². The number of Topliss-reactive ketones (excluding diaryl/α,β-unsaturated/α-hetero) is 2. The van der Waals surface area contributed by atoms with E-state index in [0.717, 1.165) is 16.9 Å². The Balaban J connectivity index is 1.92. The number of benzene rings is 2. The first-order chi connectivity index (χ1) is 16.9. The Labute approximate surface area is 214 Å². The van der Waals surface area contributed by atoms with E-state index in [9.17, 15) is 19.5 Å². The van der Waals surface area contributed by atoms with Crippen molar-refractivity contribution in [3.05, 3.63) is 81.4 Å². The van der Waals surface area contributed by atoms with Crippen LogP contribution in [0.3, 0.4) is 0 Å². The van der Waals surface area contributed by atoms with Crippen molar-refractivity contribution in [2.75, 3.05) is 12.0 Å². The van der Waals surface area contributed by atoms with Crippen molar-refractivity contribution in [3.63, 3.8) is 0 Å². The molecule has 0 aliphatic carbocycles. The fourth-order valence-corrected chi connectivity index (χ4v) is 5.22. The molecule has 1 atom stereocenters. The Morgan fingerprint density at radius 2 is 1.67 bits per heavy atom. The number of thiazole rings is 1. The SMILES string of the molecule is COc1ccc(C(O)=C2C(=O)C(=O)N(c3nc(C)c(C(C)=O)s3)[C@@H]2c2ccc(C(C)(C)C)cc2)cc1. The number of aliphatic hydroxyl groups is 1. The average Bonchev–Trinajstić information content (AvgIpc) is 3.35. The molecule has 1 N–H and O–H groups in total. The first-order valence-electron chi connectivity index (χ1n) is 11.5. The zero-order valence-corrected chi connectivity index (χ0v) is 21.9. The first-order valence-corrected chi connectivity index (χ1v) is 12.3. The number of carbonyl (C=O) groups excluding carboxylic acids is 3. The molecule has 7 nitrogen and oxygen atoms in total. The summed E-state index contributed by atoms with van der Waals surface area (Å²) in [5.41, 5.74) is 2.47. The van der Waals surface area contributed by atoms with E-state index in [2.05, 4.69) is 25.8 Å². The summed E-state index contributed by atoms with van der Waals surface area (Å²) in [5, 5.41) is 11.5. The summed E-state index contributed by atoms with van der Waals surface area (Å²) in [6.45, 7) is 9.42. The van der Waals surface area contributed by atoms with Gasteiger partial charge < -0.3 is 9.84 Å². The standard InChI is InChI=1S/C28H28N2O5S/c1-15-25(16(2)31)36-27(29-15)30-22(17-7-11-19(12-8-17)28(3,4)5)21(24(33)26(30)34)23(32)18-9-13-20(35-6)14-10-18/h7-14,22,32H,1-6H3/t22-/m1/s1. The Kier molecular flexibility index (Phi) is 6.58. The number of aromatic nitrogens is 1. The van der Waals surface area contributed by atoms with E-state index in [1.165, 1.54) is 18.9 Å². The van der Waals surface area contributed by atoms with Crippen LogP contribution in [0.25, 0.3) is 5.76 Å². The van der Waals surface area contributed by atoms with Crippen molar-refractivity contribution in [2.24, 2.45) is 0 Å². The lowest BCUT2D eigenvalue weighted by molar-refractivity contribution is -0.132. The molecule has 3 aromatic rings. The molecule has 1 saturated heterocycles. The van der Waals surface area contributed by atoms with E-state index in [4.69, 9.17) is 4.74 Å². The van der Waals surface area contributed by atoms with Gasteiger partial charge in [0.15, 0.2) is 10.9 Å².